The van der Waals surface area contributed by atoms with Crippen molar-refractivity contribution in [2.24, 2.45) is 21.7 Å². The van der Waals surface area contributed by atoms with Crippen molar-refractivity contribution in [2.75, 3.05) is 6.54 Å². The molecule has 0 bridgehead atoms. The van der Waals surface area contributed by atoms with Gasteiger partial charge in [-0.25, -0.2) is 0 Å². The van der Waals surface area contributed by atoms with Gasteiger partial charge in [-0.3, -0.25) is 4.79 Å². The van der Waals surface area contributed by atoms with Crippen LogP contribution in [0.5, 0.6) is 0 Å². The van der Waals surface area contributed by atoms with Gasteiger partial charge in [-0.05, 0) is 6.92 Å². The van der Waals surface area contributed by atoms with Gasteiger partial charge in [0.2, 0.25) is 6.41 Å². The number of nitrogens with two attached hydrogens (primary N) is 2. The summed E-state index contributed by atoms with van der Waals surface area (Å²) in [4.78, 5) is 8.58. The molecule has 4 N–H and O–H groups in total. The van der Waals surface area contributed by atoms with Gasteiger partial charge in [0.1, 0.15) is 5.66 Å². The Kier molecular flexibility index (Phi) is 2.80. The van der Waals surface area contributed by atoms with Gasteiger partial charge in [-0.2, -0.15) is 10.2 Å². The van der Waals surface area contributed by atoms with E-state index in [2.05, 4.69) is 16.0 Å². The molecule has 0 aromatic heterocycles. The molecular formula is C4H10N4O. The zero-order valence-electron chi connectivity index (χ0n) is 5.24. The molecule has 5 nitrogen and oxygen atoms in total. The van der Waals surface area contributed by atoms with Crippen LogP contribution in [0.1, 0.15) is 6.92 Å². The van der Waals surface area contributed by atoms with E-state index in [9.17, 15) is 0 Å². The maximum Gasteiger partial charge on any atom is 0.204 e. The third-order valence-corrected chi connectivity index (χ3v) is 0.690. The standard InChI is InChI=1S/C3H7N3.CH3NO/c1-3(4)2-5-6-3;2-1-3/h2,4H2,1H3;1H,(H2,2,3). The second-order valence-electron chi connectivity index (χ2n) is 1.89. The normalized spacial score (nSPS) is 29.6. The van der Waals surface area contributed by atoms with Gasteiger partial charge in [-0.1, -0.05) is 0 Å². The number of carbonyl (C=O) groups excluding carboxylic acids is 1. The highest BCUT2D eigenvalue weighted by Crippen LogP contribution is 2.11. The molecule has 1 atom stereocenters. The van der Waals surface area contributed by atoms with Crippen molar-refractivity contribution in [3.8, 4) is 0 Å². The van der Waals surface area contributed by atoms with Crippen molar-refractivity contribution in [3.05, 3.63) is 0 Å². The lowest BCUT2D eigenvalue weighted by Crippen LogP contribution is -2.41. The average molecular weight is 130 g/mol. The van der Waals surface area contributed by atoms with Crippen LogP contribution in [0.2, 0.25) is 0 Å². The van der Waals surface area contributed by atoms with Gasteiger partial charge in [0.25, 0.3) is 0 Å². The Morgan fingerprint density at radius 1 is 1.78 bits per heavy atom. The highest BCUT2D eigenvalue weighted by atomic mass is 16.1. The topological polar surface area (TPSA) is 93.8 Å². The summed E-state index contributed by atoms with van der Waals surface area (Å²) in [6, 6.07) is 0. The quantitative estimate of drug-likeness (QED) is 0.421. The number of amides is 1. The van der Waals surface area contributed by atoms with Crippen LogP contribution in [-0.2, 0) is 4.79 Å². The van der Waals surface area contributed by atoms with E-state index >= 15 is 0 Å². The number of primary amides is 1. The first-order valence-electron chi connectivity index (χ1n) is 2.45. The highest BCUT2D eigenvalue weighted by molar-refractivity contribution is 5.42. The molecule has 1 aliphatic heterocycles. The number of rotatable bonds is 0. The predicted molar refractivity (Wildman–Crippen MR) is 32.6 cm³/mol. The lowest BCUT2D eigenvalue weighted by molar-refractivity contribution is -0.106. The van der Waals surface area contributed by atoms with Crippen LogP contribution < -0.4 is 11.5 Å². The summed E-state index contributed by atoms with van der Waals surface area (Å²) in [7, 11) is 0. The largest absolute Gasteiger partial charge is 0.372 e. The molecule has 5 heteroatoms. The summed E-state index contributed by atoms with van der Waals surface area (Å²) in [5.41, 5.74) is 9.21. The second-order valence-corrected chi connectivity index (χ2v) is 1.89. The number of nitrogens with zero attached hydrogens (tertiary/aromatic N) is 2. The molecule has 0 radical (unpaired) electrons. The van der Waals surface area contributed by atoms with Gasteiger partial charge in [0.05, 0.1) is 6.54 Å². The van der Waals surface area contributed by atoms with Gasteiger partial charge in [0, 0.05) is 0 Å². The Hall–Kier alpha value is -0.970. The van der Waals surface area contributed by atoms with E-state index < -0.39 is 0 Å². The summed E-state index contributed by atoms with van der Waals surface area (Å²) < 4.78 is 0. The molecule has 1 aliphatic rings. The molecule has 0 saturated carbocycles. The zero-order valence-corrected chi connectivity index (χ0v) is 5.24. The Balaban J connectivity index is 0.000000187. The van der Waals surface area contributed by atoms with Crippen LogP contribution in [0, 0.1) is 0 Å². The van der Waals surface area contributed by atoms with Gasteiger partial charge < -0.3 is 11.5 Å². The van der Waals surface area contributed by atoms with E-state index in [1.54, 1.807) is 0 Å². The molecule has 0 aromatic rings. The third kappa shape index (κ3) is 3.60. The number of azo groups is 1. The minimum absolute atomic E-state index is 0.250. The van der Waals surface area contributed by atoms with Crippen molar-refractivity contribution in [1.82, 2.24) is 0 Å². The first-order chi connectivity index (χ1) is 4.12. The molecule has 1 rings (SSSR count). The van der Waals surface area contributed by atoms with Gasteiger partial charge in [0.15, 0.2) is 0 Å². The molecule has 0 spiro atoms. The number of hydrogen-bond donors (Lipinski definition) is 2. The Bertz CT molecular complexity index is 120. The lowest BCUT2D eigenvalue weighted by atomic mass is 10.2. The lowest BCUT2D eigenvalue weighted by Gasteiger charge is -2.21. The van der Waals surface area contributed by atoms with Crippen LogP contribution in [-0.4, -0.2) is 18.6 Å². The maximum absolute atomic E-state index is 8.58. The first kappa shape index (κ1) is 8.03. The van der Waals surface area contributed by atoms with Crippen LogP contribution >= 0.6 is 0 Å². The van der Waals surface area contributed by atoms with Crippen molar-refractivity contribution in [1.29, 1.82) is 0 Å². The molecule has 1 unspecified atom stereocenters. The van der Waals surface area contributed by atoms with E-state index in [-0.39, 0.29) is 12.1 Å². The fraction of sp³-hybridized carbons (Fsp3) is 0.750. The van der Waals surface area contributed by atoms with E-state index in [1.807, 2.05) is 6.92 Å². The molecule has 1 amide bonds. The minimum Gasteiger partial charge on any atom is -0.372 e. The Morgan fingerprint density at radius 3 is 2.00 bits per heavy atom. The summed E-state index contributed by atoms with van der Waals surface area (Å²) in [6.07, 6.45) is 0.250. The van der Waals surface area contributed by atoms with E-state index in [4.69, 9.17) is 10.5 Å². The summed E-state index contributed by atoms with van der Waals surface area (Å²) >= 11 is 0. The van der Waals surface area contributed by atoms with Crippen molar-refractivity contribution in [2.45, 2.75) is 12.6 Å². The molecule has 1 heterocycles. The molecule has 0 aliphatic carbocycles. The average Bonchev–Trinajstić information content (AvgIpc) is 1.65. The van der Waals surface area contributed by atoms with Gasteiger partial charge >= 0.3 is 0 Å². The van der Waals surface area contributed by atoms with Crippen molar-refractivity contribution >= 4 is 6.41 Å². The second kappa shape index (κ2) is 3.13. The molecule has 52 valence electrons. The summed E-state index contributed by atoms with van der Waals surface area (Å²) in [6.45, 7) is 2.53. The van der Waals surface area contributed by atoms with E-state index in [1.165, 1.54) is 0 Å². The van der Waals surface area contributed by atoms with E-state index in [0.29, 0.717) is 6.54 Å². The Labute approximate surface area is 53.1 Å². The van der Waals surface area contributed by atoms with Crippen molar-refractivity contribution in [3.63, 3.8) is 0 Å². The highest BCUT2D eigenvalue weighted by Gasteiger charge is 2.22. The molecule has 9 heavy (non-hydrogen) atoms. The van der Waals surface area contributed by atoms with Gasteiger partial charge in [-0.15, -0.1) is 0 Å². The summed E-state index contributed by atoms with van der Waals surface area (Å²) in [5, 5.41) is 7.17. The smallest absolute Gasteiger partial charge is 0.204 e. The van der Waals surface area contributed by atoms with Crippen LogP contribution in [0.25, 0.3) is 0 Å². The van der Waals surface area contributed by atoms with Crippen LogP contribution in [0.4, 0.5) is 0 Å². The van der Waals surface area contributed by atoms with Crippen LogP contribution in [0.15, 0.2) is 10.2 Å². The predicted octanol–water partition coefficient (Wildman–Crippen LogP) is -0.771. The van der Waals surface area contributed by atoms with E-state index in [0.717, 1.165) is 0 Å². The van der Waals surface area contributed by atoms with Crippen molar-refractivity contribution < 1.29 is 4.79 Å². The SMILES string of the molecule is CC1(N)CN=N1.NC=O. The third-order valence-electron chi connectivity index (χ3n) is 0.690. The fourth-order valence-electron chi connectivity index (χ4n) is 0.294. The number of hydrogen-bond acceptors (Lipinski definition) is 4. The molecule has 0 aromatic carbocycles. The minimum atomic E-state index is -0.319. The monoisotopic (exact) mass is 130 g/mol. The molecule has 0 saturated heterocycles. The maximum atomic E-state index is 8.58. The molecule has 0 fully saturated rings. The summed E-state index contributed by atoms with van der Waals surface area (Å²) in [5.74, 6) is 0. The number of carbonyl (C=O) groups is 1. The zero-order chi connectivity index (χ0) is 7.33. The fourth-order valence-corrected chi connectivity index (χ4v) is 0.294. The van der Waals surface area contributed by atoms with Crippen LogP contribution in [0.3, 0.4) is 0 Å². The first-order valence-corrected chi connectivity index (χ1v) is 2.45. The molecular weight excluding hydrogens is 120 g/mol. The Morgan fingerprint density at radius 2 is 2.00 bits per heavy atom.